The van der Waals surface area contributed by atoms with Gasteiger partial charge in [-0.3, -0.25) is 24.6 Å². The molecule has 0 N–H and O–H groups in total. The van der Waals surface area contributed by atoms with Crippen LogP contribution in [0.5, 0.6) is 11.5 Å². The number of rotatable bonds is 7. The first-order valence-corrected chi connectivity index (χ1v) is 11.1. The molecule has 3 rings (SSSR count). The summed E-state index contributed by atoms with van der Waals surface area (Å²) in [6.45, 7) is 4.40. The third kappa shape index (κ3) is 5.22. The molecule has 1 aromatic heterocycles. The topological polar surface area (TPSA) is 118 Å². The minimum absolute atomic E-state index is 0.0338. The van der Waals surface area contributed by atoms with Gasteiger partial charge in [0.2, 0.25) is 0 Å². The van der Waals surface area contributed by atoms with Gasteiger partial charge in [-0.15, -0.1) is 11.3 Å². The second-order valence-corrected chi connectivity index (χ2v) is 8.86. The van der Waals surface area contributed by atoms with Crippen LogP contribution in [-0.2, 0) is 6.54 Å². The van der Waals surface area contributed by atoms with Gasteiger partial charge in [0.05, 0.1) is 37.4 Å². The molecule has 0 bridgehead atoms. The van der Waals surface area contributed by atoms with E-state index in [2.05, 4.69) is 9.88 Å². The Balaban J connectivity index is 1.69. The van der Waals surface area contributed by atoms with E-state index in [1.165, 1.54) is 42.6 Å². The zero-order valence-electron chi connectivity index (χ0n) is 19.3. The van der Waals surface area contributed by atoms with Crippen LogP contribution >= 0.6 is 11.3 Å². The predicted molar refractivity (Wildman–Crippen MR) is 122 cm³/mol. The standard InChI is InChI=1S/C21H27N5O6S/c1-13-19(21(28)23(2)3)33-18(22-13)12-24-6-8-25(9-7-24)20(27)14-10-16(31-4)17(32-5)11-15(14)26(29)30/h10-11H,6-9,12H2,1-5H3. The molecular formula is C21H27N5O6S. The molecule has 1 aliphatic heterocycles. The summed E-state index contributed by atoms with van der Waals surface area (Å²) < 4.78 is 10.3. The summed E-state index contributed by atoms with van der Waals surface area (Å²) in [6.07, 6.45) is 0. The number of ether oxygens (including phenoxy) is 2. The van der Waals surface area contributed by atoms with Gasteiger partial charge in [0.1, 0.15) is 15.4 Å². The number of nitrogens with zero attached hydrogens (tertiary/aromatic N) is 5. The molecule has 178 valence electrons. The van der Waals surface area contributed by atoms with Crippen LogP contribution in [0.15, 0.2) is 12.1 Å². The van der Waals surface area contributed by atoms with E-state index in [9.17, 15) is 19.7 Å². The fraction of sp³-hybridized carbons (Fsp3) is 0.476. The molecule has 1 fully saturated rings. The van der Waals surface area contributed by atoms with Crippen molar-refractivity contribution in [2.24, 2.45) is 0 Å². The van der Waals surface area contributed by atoms with Gasteiger partial charge in [-0.2, -0.15) is 0 Å². The number of piperazine rings is 1. The minimum Gasteiger partial charge on any atom is -0.493 e. The number of nitro groups is 1. The van der Waals surface area contributed by atoms with E-state index in [1.807, 2.05) is 6.92 Å². The van der Waals surface area contributed by atoms with Crippen molar-refractivity contribution in [2.75, 3.05) is 54.5 Å². The van der Waals surface area contributed by atoms with Crippen LogP contribution in [-0.4, -0.2) is 90.9 Å². The molecule has 12 heteroatoms. The quantitative estimate of drug-likeness (QED) is 0.439. The third-order valence-electron chi connectivity index (χ3n) is 5.39. The Labute approximate surface area is 195 Å². The molecule has 0 unspecified atom stereocenters. The molecule has 2 heterocycles. The summed E-state index contributed by atoms with van der Waals surface area (Å²) in [5, 5.41) is 12.4. The molecule has 0 spiro atoms. The molecule has 0 atom stereocenters. The SMILES string of the molecule is COc1cc(C(=O)N2CCN(Cc3nc(C)c(C(=O)N(C)C)s3)CC2)c([N+](=O)[O-])cc1OC. The first-order chi connectivity index (χ1) is 15.7. The molecule has 1 aromatic carbocycles. The number of thiazole rings is 1. The monoisotopic (exact) mass is 477 g/mol. The molecule has 33 heavy (non-hydrogen) atoms. The van der Waals surface area contributed by atoms with E-state index < -0.39 is 10.8 Å². The van der Waals surface area contributed by atoms with E-state index in [1.54, 1.807) is 19.0 Å². The first kappa shape index (κ1) is 24.4. The van der Waals surface area contributed by atoms with Gasteiger partial charge >= 0.3 is 0 Å². The molecule has 2 amide bonds. The molecular weight excluding hydrogens is 450 g/mol. The Bertz CT molecular complexity index is 1060. The minimum atomic E-state index is -0.594. The van der Waals surface area contributed by atoms with E-state index in [-0.39, 0.29) is 28.7 Å². The first-order valence-electron chi connectivity index (χ1n) is 10.3. The average Bonchev–Trinajstić information content (AvgIpc) is 3.16. The van der Waals surface area contributed by atoms with Crippen molar-refractivity contribution in [3.63, 3.8) is 0 Å². The van der Waals surface area contributed by atoms with Crippen LogP contribution in [0.4, 0.5) is 5.69 Å². The lowest BCUT2D eigenvalue weighted by Gasteiger charge is -2.34. The van der Waals surface area contributed by atoms with Gasteiger partial charge in [-0.25, -0.2) is 4.98 Å². The zero-order chi connectivity index (χ0) is 24.3. The Morgan fingerprint density at radius 2 is 1.76 bits per heavy atom. The van der Waals surface area contributed by atoms with Crippen molar-refractivity contribution in [2.45, 2.75) is 13.5 Å². The van der Waals surface area contributed by atoms with Crippen LogP contribution in [0.25, 0.3) is 0 Å². The van der Waals surface area contributed by atoms with Crippen LogP contribution in [0.1, 0.15) is 30.7 Å². The van der Waals surface area contributed by atoms with Gasteiger partial charge in [0, 0.05) is 46.3 Å². The summed E-state index contributed by atoms with van der Waals surface area (Å²) in [5.41, 5.74) is 0.355. The van der Waals surface area contributed by atoms with Crippen molar-refractivity contribution in [3.05, 3.63) is 43.4 Å². The van der Waals surface area contributed by atoms with Gasteiger partial charge in [0.15, 0.2) is 11.5 Å². The maximum atomic E-state index is 13.1. The third-order valence-corrected chi connectivity index (χ3v) is 6.52. The van der Waals surface area contributed by atoms with Gasteiger partial charge < -0.3 is 19.3 Å². The lowest BCUT2D eigenvalue weighted by atomic mass is 10.1. The van der Waals surface area contributed by atoms with Crippen molar-refractivity contribution in [1.29, 1.82) is 0 Å². The van der Waals surface area contributed by atoms with Crippen LogP contribution in [0.3, 0.4) is 0 Å². The fourth-order valence-corrected chi connectivity index (χ4v) is 4.71. The van der Waals surface area contributed by atoms with Crippen LogP contribution in [0.2, 0.25) is 0 Å². The Morgan fingerprint density at radius 3 is 2.30 bits per heavy atom. The number of nitro benzene ring substituents is 1. The van der Waals surface area contributed by atoms with Crippen LogP contribution < -0.4 is 9.47 Å². The Kier molecular flexibility index (Phi) is 7.49. The van der Waals surface area contributed by atoms with Crippen molar-refractivity contribution >= 4 is 28.8 Å². The van der Waals surface area contributed by atoms with Gasteiger partial charge in [-0.05, 0) is 6.92 Å². The number of carbonyl (C=O) groups is 2. The fourth-order valence-electron chi connectivity index (χ4n) is 3.58. The Morgan fingerprint density at radius 1 is 1.15 bits per heavy atom. The molecule has 11 nitrogen and oxygen atoms in total. The smallest absolute Gasteiger partial charge is 0.286 e. The number of aromatic nitrogens is 1. The number of hydrogen-bond acceptors (Lipinski definition) is 9. The molecule has 0 radical (unpaired) electrons. The number of carbonyl (C=O) groups excluding carboxylic acids is 2. The second-order valence-electron chi connectivity index (χ2n) is 7.77. The number of methoxy groups -OCH3 is 2. The highest BCUT2D eigenvalue weighted by Crippen LogP contribution is 2.35. The highest BCUT2D eigenvalue weighted by Gasteiger charge is 2.30. The van der Waals surface area contributed by atoms with E-state index in [0.717, 1.165) is 5.01 Å². The zero-order valence-corrected chi connectivity index (χ0v) is 20.1. The van der Waals surface area contributed by atoms with E-state index in [4.69, 9.17) is 9.47 Å². The molecule has 0 aliphatic carbocycles. The molecule has 0 saturated carbocycles. The lowest BCUT2D eigenvalue weighted by Crippen LogP contribution is -2.48. The summed E-state index contributed by atoms with van der Waals surface area (Å²) in [5.74, 6) is -0.0434. The highest BCUT2D eigenvalue weighted by atomic mass is 32.1. The molecule has 1 saturated heterocycles. The second kappa shape index (κ2) is 10.1. The summed E-state index contributed by atoms with van der Waals surface area (Å²) in [7, 11) is 6.21. The van der Waals surface area contributed by atoms with Crippen molar-refractivity contribution in [1.82, 2.24) is 19.7 Å². The van der Waals surface area contributed by atoms with Crippen molar-refractivity contribution < 1.29 is 24.0 Å². The van der Waals surface area contributed by atoms with Crippen molar-refractivity contribution in [3.8, 4) is 11.5 Å². The average molecular weight is 478 g/mol. The lowest BCUT2D eigenvalue weighted by molar-refractivity contribution is -0.385. The maximum absolute atomic E-state index is 13.1. The number of amides is 2. The normalized spacial score (nSPS) is 14.2. The Hall–Kier alpha value is -3.25. The van der Waals surface area contributed by atoms with E-state index >= 15 is 0 Å². The van der Waals surface area contributed by atoms with E-state index in [0.29, 0.717) is 43.3 Å². The number of aryl methyl sites for hydroxylation is 1. The number of benzene rings is 1. The highest BCUT2D eigenvalue weighted by molar-refractivity contribution is 7.13. The number of hydrogen-bond donors (Lipinski definition) is 0. The summed E-state index contributed by atoms with van der Waals surface area (Å²) in [4.78, 5) is 46.7. The maximum Gasteiger partial charge on any atom is 0.286 e. The molecule has 1 aliphatic rings. The largest absolute Gasteiger partial charge is 0.493 e. The van der Waals surface area contributed by atoms with Crippen LogP contribution in [0, 0.1) is 17.0 Å². The predicted octanol–water partition coefficient (Wildman–Crippen LogP) is 2.04. The summed E-state index contributed by atoms with van der Waals surface area (Å²) in [6, 6.07) is 2.56. The van der Waals surface area contributed by atoms with Gasteiger partial charge in [-0.1, -0.05) is 0 Å². The molecule has 2 aromatic rings. The summed E-state index contributed by atoms with van der Waals surface area (Å²) >= 11 is 1.38. The van der Waals surface area contributed by atoms with Gasteiger partial charge in [0.25, 0.3) is 17.5 Å².